The Morgan fingerprint density at radius 2 is 2.00 bits per heavy atom. The molecule has 7 heteroatoms. The standard InChI is InChI=1S/C19H18ClN5O/c20-15-7-2-1-4-11(15)14-8-22-9-16(14)25-19-13-6-3-5-12(18(21)26)17(13)23-10-24-19/h1-7,10,14,16,22H,8-9H2,(H2,21,26)(H,23,24,25)/t14-,16+/m1/s1. The van der Waals surface area contributed by atoms with E-state index in [9.17, 15) is 4.79 Å². The molecular weight excluding hydrogens is 350 g/mol. The number of nitrogens with zero attached hydrogens (tertiary/aromatic N) is 2. The molecule has 3 aromatic rings. The van der Waals surface area contributed by atoms with Crippen LogP contribution in [0.15, 0.2) is 48.8 Å². The highest BCUT2D eigenvalue weighted by Gasteiger charge is 2.30. The third-order valence-corrected chi connectivity index (χ3v) is 5.12. The Morgan fingerprint density at radius 3 is 2.81 bits per heavy atom. The van der Waals surface area contributed by atoms with Crippen molar-refractivity contribution in [2.45, 2.75) is 12.0 Å². The van der Waals surface area contributed by atoms with Gasteiger partial charge in [0.2, 0.25) is 0 Å². The van der Waals surface area contributed by atoms with Crippen LogP contribution in [-0.4, -0.2) is 35.0 Å². The number of para-hydroxylation sites is 1. The fraction of sp³-hybridized carbons (Fsp3) is 0.211. The van der Waals surface area contributed by atoms with Gasteiger partial charge in [0.05, 0.1) is 11.1 Å². The van der Waals surface area contributed by atoms with E-state index in [0.717, 1.165) is 29.1 Å². The molecule has 1 amide bonds. The van der Waals surface area contributed by atoms with E-state index in [4.69, 9.17) is 17.3 Å². The molecular formula is C19H18ClN5O. The summed E-state index contributed by atoms with van der Waals surface area (Å²) in [5.41, 5.74) is 7.51. The summed E-state index contributed by atoms with van der Waals surface area (Å²) in [6.45, 7) is 1.62. The van der Waals surface area contributed by atoms with Gasteiger partial charge in [-0.1, -0.05) is 35.9 Å². The molecule has 1 fully saturated rings. The number of carbonyl (C=O) groups is 1. The predicted octanol–water partition coefficient (Wildman–Crippen LogP) is 2.55. The minimum absolute atomic E-state index is 0.116. The molecule has 4 rings (SSSR count). The number of hydrogen-bond donors (Lipinski definition) is 3. The number of benzene rings is 2. The normalized spacial score (nSPS) is 19.6. The lowest BCUT2D eigenvalue weighted by Crippen LogP contribution is -2.28. The molecule has 2 aromatic carbocycles. The Morgan fingerprint density at radius 1 is 1.15 bits per heavy atom. The Hall–Kier alpha value is -2.70. The molecule has 6 nitrogen and oxygen atoms in total. The smallest absolute Gasteiger partial charge is 0.250 e. The van der Waals surface area contributed by atoms with Crippen LogP contribution in [0.3, 0.4) is 0 Å². The van der Waals surface area contributed by atoms with Crippen molar-refractivity contribution in [3.63, 3.8) is 0 Å². The second-order valence-electron chi connectivity index (χ2n) is 6.33. The highest BCUT2D eigenvalue weighted by Crippen LogP contribution is 2.32. The van der Waals surface area contributed by atoms with Gasteiger partial charge in [0.1, 0.15) is 12.1 Å². The number of aromatic nitrogens is 2. The van der Waals surface area contributed by atoms with E-state index < -0.39 is 5.91 Å². The number of fused-ring (bicyclic) bond motifs is 1. The molecule has 1 aromatic heterocycles. The second kappa shape index (κ2) is 6.90. The SMILES string of the molecule is NC(=O)c1cccc2c(N[C@H]3CNC[C@@H]3c3ccccc3Cl)ncnc12. The minimum atomic E-state index is -0.503. The third kappa shape index (κ3) is 2.98. The lowest BCUT2D eigenvalue weighted by atomic mass is 9.94. The molecule has 0 radical (unpaired) electrons. The van der Waals surface area contributed by atoms with Crippen molar-refractivity contribution in [1.82, 2.24) is 15.3 Å². The number of primary amides is 1. The number of nitrogens with one attached hydrogen (secondary N) is 2. The van der Waals surface area contributed by atoms with E-state index in [1.807, 2.05) is 24.3 Å². The molecule has 1 aliphatic rings. The Labute approximate surface area is 155 Å². The first-order chi connectivity index (χ1) is 12.6. The number of halogens is 1. The van der Waals surface area contributed by atoms with Gasteiger partial charge in [0, 0.05) is 35.5 Å². The van der Waals surface area contributed by atoms with E-state index in [2.05, 4.69) is 26.7 Å². The van der Waals surface area contributed by atoms with Crippen LogP contribution in [0, 0.1) is 0 Å². The summed E-state index contributed by atoms with van der Waals surface area (Å²) in [5.74, 6) is 0.397. The quantitative estimate of drug-likeness (QED) is 0.659. The third-order valence-electron chi connectivity index (χ3n) is 4.77. The van der Waals surface area contributed by atoms with Crippen LogP contribution in [0.1, 0.15) is 21.8 Å². The molecule has 0 saturated carbocycles. The number of rotatable bonds is 4. The van der Waals surface area contributed by atoms with Gasteiger partial charge in [0.15, 0.2) is 0 Å². The predicted molar refractivity (Wildman–Crippen MR) is 103 cm³/mol. The van der Waals surface area contributed by atoms with Crippen molar-refractivity contribution in [3.8, 4) is 0 Å². The van der Waals surface area contributed by atoms with Gasteiger partial charge in [0.25, 0.3) is 5.91 Å². The first kappa shape index (κ1) is 16.8. The van der Waals surface area contributed by atoms with Crippen LogP contribution in [0.4, 0.5) is 5.82 Å². The average Bonchev–Trinajstić information content (AvgIpc) is 3.10. The van der Waals surface area contributed by atoms with E-state index in [-0.39, 0.29) is 12.0 Å². The summed E-state index contributed by atoms with van der Waals surface area (Å²) in [7, 11) is 0. The van der Waals surface area contributed by atoms with E-state index in [1.54, 1.807) is 12.1 Å². The van der Waals surface area contributed by atoms with E-state index in [1.165, 1.54) is 6.33 Å². The Kier molecular flexibility index (Phi) is 4.44. The summed E-state index contributed by atoms with van der Waals surface area (Å²) in [6, 6.07) is 13.3. The van der Waals surface area contributed by atoms with Gasteiger partial charge >= 0.3 is 0 Å². The lowest BCUT2D eigenvalue weighted by molar-refractivity contribution is 0.100. The summed E-state index contributed by atoms with van der Waals surface area (Å²) in [6.07, 6.45) is 1.45. The van der Waals surface area contributed by atoms with Crippen LogP contribution in [0.5, 0.6) is 0 Å². The lowest BCUT2D eigenvalue weighted by Gasteiger charge is -2.22. The summed E-state index contributed by atoms with van der Waals surface area (Å²) < 4.78 is 0. The molecule has 1 aliphatic heterocycles. The number of carbonyl (C=O) groups excluding carboxylic acids is 1. The number of nitrogens with two attached hydrogens (primary N) is 1. The largest absolute Gasteiger partial charge is 0.366 e. The van der Waals surface area contributed by atoms with Crippen LogP contribution >= 0.6 is 11.6 Å². The topological polar surface area (TPSA) is 92.9 Å². The fourth-order valence-electron chi connectivity index (χ4n) is 3.51. The zero-order chi connectivity index (χ0) is 18.1. The molecule has 2 heterocycles. The van der Waals surface area contributed by atoms with Gasteiger partial charge in [-0.15, -0.1) is 0 Å². The monoisotopic (exact) mass is 367 g/mol. The highest BCUT2D eigenvalue weighted by molar-refractivity contribution is 6.31. The molecule has 0 unspecified atom stereocenters. The van der Waals surface area contributed by atoms with Crippen molar-refractivity contribution in [3.05, 3.63) is 64.9 Å². The maximum absolute atomic E-state index is 11.7. The first-order valence-corrected chi connectivity index (χ1v) is 8.78. The summed E-state index contributed by atoms with van der Waals surface area (Å²) in [5, 5.41) is 8.44. The molecule has 0 aliphatic carbocycles. The van der Waals surface area contributed by atoms with Gasteiger partial charge in [-0.25, -0.2) is 9.97 Å². The van der Waals surface area contributed by atoms with Crippen molar-refractivity contribution in [2.75, 3.05) is 18.4 Å². The minimum Gasteiger partial charge on any atom is -0.366 e. The van der Waals surface area contributed by atoms with Crippen molar-refractivity contribution < 1.29 is 4.79 Å². The number of amides is 1. The van der Waals surface area contributed by atoms with Crippen LogP contribution in [-0.2, 0) is 0 Å². The molecule has 0 spiro atoms. The van der Waals surface area contributed by atoms with Crippen molar-refractivity contribution >= 4 is 34.2 Å². The van der Waals surface area contributed by atoms with E-state index >= 15 is 0 Å². The summed E-state index contributed by atoms with van der Waals surface area (Å²) >= 11 is 6.39. The van der Waals surface area contributed by atoms with Gasteiger partial charge in [-0.2, -0.15) is 0 Å². The second-order valence-corrected chi connectivity index (χ2v) is 6.73. The Bertz CT molecular complexity index is 977. The van der Waals surface area contributed by atoms with E-state index in [0.29, 0.717) is 16.9 Å². The number of anilines is 1. The number of hydrogen-bond acceptors (Lipinski definition) is 5. The van der Waals surface area contributed by atoms with Crippen molar-refractivity contribution in [2.24, 2.45) is 5.73 Å². The van der Waals surface area contributed by atoms with Crippen molar-refractivity contribution in [1.29, 1.82) is 0 Å². The molecule has 26 heavy (non-hydrogen) atoms. The molecule has 2 atom stereocenters. The van der Waals surface area contributed by atoms with Gasteiger partial charge in [-0.05, 0) is 23.8 Å². The maximum atomic E-state index is 11.7. The van der Waals surface area contributed by atoms with Crippen LogP contribution in [0.25, 0.3) is 10.9 Å². The van der Waals surface area contributed by atoms with Gasteiger partial charge in [-0.3, -0.25) is 4.79 Å². The maximum Gasteiger partial charge on any atom is 0.250 e. The zero-order valence-corrected chi connectivity index (χ0v) is 14.7. The Balaban J connectivity index is 1.70. The molecule has 4 N–H and O–H groups in total. The molecule has 1 saturated heterocycles. The highest BCUT2D eigenvalue weighted by atomic mass is 35.5. The summed E-state index contributed by atoms with van der Waals surface area (Å²) in [4.78, 5) is 20.3. The molecule has 132 valence electrons. The average molecular weight is 368 g/mol. The first-order valence-electron chi connectivity index (χ1n) is 8.40. The fourth-order valence-corrected chi connectivity index (χ4v) is 3.79. The van der Waals surface area contributed by atoms with Gasteiger partial charge < -0.3 is 16.4 Å². The van der Waals surface area contributed by atoms with Crippen LogP contribution < -0.4 is 16.4 Å². The molecule has 0 bridgehead atoms. The zero-order valence-electron chi connectivity index (χ0n) is 13.9. The van der Waals surface area contributed by atoms with Crippen LogP contribution in [0.2, 0.25) is 5.02 Å².